The Morgan fingerprint density at radius 1 is 1.00 bits per heavy atom. The van der Waals surface area contributed by atoms with E-state index < -0.39 is 5.60 Å². The monoisotopic (exact) mass is 416 g/mol. The highest BCUT2D eigenvalue weighted by Gasteiger charge is 2.58. The fourth-order valence-corrected chi connectivity index (χ4v) is 8.37. The summed E-state index contributed by atoms with van der Waals surface area (Å²) in [5.74, 6) is 4.74. The Kier molecular flexibility index (Phi) is 7.53. The number of allylic oxidation sites excluding steroid dienone is 2. The van der Waals surface area contributed by atoms with Gasteiger partial charge >= 0.3 is 0 Å². The van der Waals surface area contributed by atoms with E-state index in [9.17, 15) is 5.11 Å². The highest BCUT2D eigenvalue weighted by molar-refractivity contribution is 5.24. The maximum Gasteiger partial charge on any atom is 0.0591 e. The van der Waals surface area contributed by atoms with E-state index in [2.05, 4.69) is 26.8 Å². The maximum atomic E-state index is 10.0. The van der Waals surface area contributed by atoms with Crippen LogP contribution in [0.1, 0.15) is 126 Å². The van der Waals surface area contributed by atoms with Crippen molar-refractivity contribution < 1.29 is 5.11 Å². The highest BCUT2D eigenvalue weighted by atomic mass is 16.3. The molecule has 0 aromatic rings. The Hall–Kier alpha value is -0.300. The molecule has 3 saturated carbocycles. The lowest BCUT2D eigenvalue weighted by Gasteiger charge is -2.58. The molecule has 4 rings (SSSR count). The molecule has 1 heteroatoms. The van der Waals surface area contributed by atoms with Crippen molar-refractivity contribution in [2.75, 3.05) is 0 Å². The third-order valence-electron chi connectivity index (χ3n) is 10.1. The zero-order valence-electron chi connectivity index (χ0n) is 21.4. The van der Waals surface area contributed by atoms with E-state index in [1.54, 1.807) is 0 Å². The lowest BCUT2D eigenvalue weighted by Crippen LogP contribution is -2.49. The van der Waals surface area contributed by atoms with Crippen molar-refractivity contribution in [3.63, 3.8) is 0 Å². The highest BCUT2D eigenvalue weighted by Crippen LogP contribution is 2.67. The van der Waals surface area contributed by atoms with Gasteiger partial charge in [-0.2, -0.15) is 0 Å². The maximum absolute atomic E-state index is 10.0. The topological polar surface area (TPSA) is 20.2 Å². The van der Waals surface area contributed by atoms with Crippen LogP contribution < -0.4 is 0 Å². The standard InChI is InChI=1S/C27H46O.C2H6/c1-19-13-16-27(5)21(18-19)9-11-22-23-12-10-20(8-6-7-15-25(2,3)28)26(23,4)17-14-24(22)27;1-2/h9,19-20,22-24,28H,6-8,10-18H2,1-5H3;1-2H3. The van der Waals surface area contributed by atoms with Gasteiger partial charge in [-0.05, 0) is 118 Å². The molecule has 0 spiro atoms. The van der Waals surface area contributed by atoms with Gasteiger partial charge in [0, 0.05) is 0 Å². The predicted octanol–water partition coefficient (Wildman–Crippen LogP) is 8.56. The van der Waals surface area contributed by atoms with Gasteiger partial charge in [-0.1, -0.05) is 59.1 Å². The average Bonchev–Trinajstić information content (AvgIpc) is 3.03. The molecule has 0 aromatic carbocycles. The molecule has 0 aliphatic heterocycles. The summed E-state index contributed by atoms with van der Waals surface area (Å²) in [6.45, 7) is 15.7. The molecule has 0 aromatic heterocycles. The Morgan fingerprint density at radius 2 is 1.73 bits per heavy atom. The first-order valence-corrected chi connectivity index (χ1v) is 13.6. The molecule has 4 aliphatic rings. The molecule has 3 fully saturated rings. The average molecular weight is 417 g/mol. The van der Waals surface area contributed by atoms with Crippen molar-refractivity contribution in [1.29, 1.82) is 0 Å². The first-order valence-electron chi connectivity index (χ1n) is 13.6. The second kappa shape index (κ2) is 9.29. The van der Waals surface area contributed by atoms with Gasteiger partial charge in [-0.15, -0.1) is 0 Å². The van der Waals surface area contributed by atoms with E-state index in [0.717, 1.165) is 36.0 Å². The van der Waals surface area contributed by atoms with Gasteiger partial charge in [0.25, 0.3) is 0 Å². The zero-order chi connectivity index (χ0) is 22.2. The van der Waals surface area contributed by atoms with E-state index in [4.69, 9.17) is 0 Å². The lowest BCUT2D eigenvalue weighted by molar-refractivity contribution is -0.0452. The number of unbranched alkanes of at least 4 members (excludes halogenated alkanes) is 1. The number of rotatable bonds is 5. The zero-order valence-corrected chi connectivity index (χ0v) is 21.4. The first-order chi connectivity index (χ1) is 14.1. The van der Waals surface area contributed by atoms with Crippen LogP contribution in [0.5, 0.6) is 0 Å². The van der Waals surface area contributed by atoms with Crippen molar-refractivity contribution in [2.45, 2.75) is 131 Å². The van der Waals surface area contributed by atoms with Crippen LogP contribution in [0.25, 0.3) is 0 Å². The second-order valence-electron chi connectivity index (χ2n) is 12.5. The van der Waals surface area contributed by atoms with Crippen LogP contribution in [0.15, 0.2) is 11.6 Å². The molecule has 0 heterocycles. The minimum Gasteiger partial charge on any atom is -0.390 e. The molecule has 7 atom stereocenters. The molecular weight excluding hydrogens is 364 g/mol. The van der Waals surface area contributed by atoms with Gasteiger partial charge in [-0.3, -0.25) is 0 Å². The Labute approximate surface area is 188 Å². The summed E-state index contributed by atoms with van der Waals surface area (Å²) in [4.78, 5) is 0. The molecule has 0 bridgehead atoms. The van der Waals surface area contributed by atoms with E-state index in [1.165, 1.54) is 70.6 Å². The van der Waals surface area contributed by atoms with E-state index >= 15 is 0 Å². The molecule has 0 amide bonds. The minimum absolute atomic E-state index is 0.487. The van der Waals surface area contributed by atoms with Crippen LogP contribution in [-0.4, -0.2) is 10.7 Å². The quantitative estimate of drug-likeness (QED) is 0.351. The lowest BCUT2D eigenvalue weighted by atomic mass is 9.47. The third-order valence-corrected chi connectivity index (χ3v) is 10.1. The van der Waals surface area contributed by atoms with E-state index in [1.807, 2.05) is 33.3 Å². The summed E-state index contributed by atoms with van der Waals surface area (Å²) in [6, 6.07) is 0. The van der Waals surface area contributed by atoms with Gasteiger partial charge in [0.1, 0.15) is 0 Å². The molecule has 4 aliphatic carbocycles. The third kappa shape index (κ3) is 4.57. The second-order valence-corrected chi connectivity index (χ2v) is 12.5. The van der Waals surface area contributed by atoms with Crippen molar-refractivity contribution in [1.82, 2.24) is 0 Å². The smallest absolute Gasteiger partial charge is 0.0591 e. The summed E-state index contributed by atoms with van der Waals surface area (Å²) in [5, 5.41) is 10.0. The summed E-state index contributed by atoms with van der Waals surface area (Å²) in [7, 11) is 0. The van der Waals surface area contributed by atoms with Gasteiger partial charge in [0.2, 0.25) is 0 Å². The number of hydrogen-bond acceptors (Lipinski definition) is 1. The molecule has 174 valence electrons. The normalized spacial score (nSPS) is 42.9. The molecule has 0 radical (unpaired) electrons. The van der Waals surface area contributed by atoms with E-state index in [-0.39, 0.29) is 0 Å². The SMILES string of the molecule is CC.CC1CCC2(C)C(=CCC3C2CCC2(C)C(CCCCC(C)(C)O)CCC32)C1. The summed E-state index contributed by atoms with van der Waals surface area (Å²) in [5.41, 5.74) is 2.48. The fourth-order valence-electron chi connectivity index (χ4n) is 8.37. The van der Waals surface area contributed by atoms with Crippen LogP contribution in [0, 0.1) is 40.4 Å². The van der Waals surface area contributed by atoms with Crippen molar-refractivity contribution in [3.8, 4) is 0 Å². The van der Waals surface area contributed by atoms with Gasteiger partial charge < -0.3 is 5.11 Å². The summed E-state index contributed by atoms with van der Waals surface area (Å²) >= 11 is 0. The largest absolute Gasteiger partial charge is 0.390 e. The fraction of sp³-hybridized carbons (Fsp3) is 0.931. The van der Waals surface area contributed by atoms with Crippen molar-refractivity contribution in [2.24, 2.45) is 40.4 Å². The minimum atomic E-state index is -0.487. The molecule has 1 nitrogen and oxygen atoms in total. The van der Waals surface area contributed by atoms with Crippen molar-refractivity contribution in [3.05, 3.63) is 11.6 Å². The first kappa shape index (κ1) is 24.3. The van der Waals surface area contributed by atoms with Gasteiger partial charge in [-0.25, -0.2) is 0 Å². The predicted molar refractivity (Wildman–Crippen MR) is 130 cm³/mol. The van der Waals surface area contributed by atoms with Crippen LogP contribution in [0.4, 0.5) is 0 Å². The van der Waals surface area contributed by atoms with Gasteiger partial charge in [0.15, 0.2) is 0 Å². The molecule has 0 saturated heterocycles. The summed E-state index contributed by atoms with van der Waals surface area (Å²) < 4.78 is 0. The Bertz CT molecular complexity index is 598. The van der Waals surface area contributed by atoms with Crippen LogP contribution in [0.3, 0.4) is 0 Å². The molecule has 30 heavy (non-hydrogen) atoms. The Morgan fingerprint density at radius 3 is 2.43 bits per heavy atom. The molecule has 7 unspecified atom stereocenters. The van der Waals surface area contributed by atoms with Crippen LogP contribution in [0.2, 0.25) is 0 Å². The van der Waals surface area contributed by atoms with Gasteiger partial charge in [0.05, 0.1) is 5.60 Å². The number of hydrogen-bond donors (Lipinski definition) is 1. The molecular formula is C29H52O. The number of fused-ring (bicyclic) bond motifs is 5. The summed E-state index contributed by atoms with van der Waals surface area (Å²) in [6.07, 6.45) is 19.2. The van der Waals surface area contributed by atoms with Crippen LogP contribution in [-0.2, 0) is 0 Å². The van der Waals surface area contributed by atoms with E-state index in [0.29, 0.717) is 10.8 Å². The van der Waals surface area contributed by atoms with Crippen molar-refractivity contribution >= 4 is 0 Å². The van der Waals surface area contributed by atoms with Crippen LogP contribution >= 0.6 is 0 Å². The Balaban J connectivity index is 0.00000124. The number of aliphatic hydroxyl groups is 1. The molecule has 1 N–H and O–H groups in total.